The van der Waals surface area contributed by atoms with Gasteiger partial charge in [-0.15, -0.1) is 0 Å². The van der Waals surface area contributed by atoms with Crippen LogP contribution >= 0.6 is 0 Å². The van der Waals surface area contributed by atoms with Crippen LogP contribution in [0.25, 0.3) is 0 Å². The fourth-order valence-electron chi connectivity index (χ4n) is 2.74. The number of anilines is 1. The molecule has 2 rings (SSSR count). The van der Waals surface area contributed by atoms with Crippen molar-refractivity contribution in [2.24, 2.45) is 0 Å². The molecule has 0 radical (unpaired) electrons. The lowest BCUT2D eigenvalue weighted by Gasteiger charge is -2.19. The number of para-hydroxylation sites is 2. The van der Waals surface area contributed by atoms with Gasteiger partial charge in [0.15, 0.2) is 6.54 Å². The molecule has 2 aromatic rings. The number of hydrogen-bond donors (Lipinski definition) is 2. The summed E-state index contributed by atoms with van der Waals surface area (Å²) in [5.74, 6) is 0.681. The van der Waals surface area contributed by atoms with Crippen molar-refractivity contribution in [3.8, 4) is 5.75 Å². The number of quaternary nitrogens is 1. The maximum atomic E-state index is 12.4. The van der Waals surface area contributed by atoms with Crippen molar-refractivity contribution in [1.29, 1.82) is 0 Å². The summed E-state index contributed by atoms with van der Waals surface area (Å²) in [5, 5.41) is 2.95. The van der Waals surface area contributed by atoms with Crippen LogP contribution in [0, 0.1) is 13.8 Å². The Morgan fingerprint density at radius 2 is 1.92 bits per heavy atom. The molecule has 0 saturated heterocycles. The summed E-state index contributed by atoms with van der Waals surface area (Å²) in [6.45, 7) is 8.51. The van der Waals surface area contributed by atoms with Crippen molar-refractivity contribution in [3.05, 3.63) is 59.2 Å². The SMILES string of the molecule is CC[NH+](CC(=O)Nc1ccccc1OC)Cc1cc(C)ccc1C. The molecule has 0 aliphatic heterocycles. The maximum absolute atomic E-state index is 12.4. The number of methoxy groups -OCH3 is 1. The lowest BCUT2D eigenvalue weighted by Crippen LogP contribution is -3.11. The molecule has 0 aromatic heterocycles. The molecule has 4 nitrogen and oxygen atoms in total. The first-order valence-corrected chi connectivity index (χ1v) is 8.36. The van der Waals surface area contributed by atoms with Crippen LogP contribution in [0.5, 0.6) is 5.75 Å². The Bertz CT molecular complexity index is 698. The number of carbonyl (C=O) groups is 1. The molecule has 0 saturated carbocycles. The third-order valence-corrected chi connectivity index (χ3v) is 4.24. The van der Waals surface area contributed by atoms with E-state index in [0.29, 0.717) is 18.0 Å². The van der Waals surface area contributed by atoms with Crippen LogP contribution in [0.1, 0.15) is 23.6 Å². The van der Waals surface area contributed by atoms with Gasteiger partial charge < -0.3 is 15.0 Å². The number of hydrogen-bond acceptors (Lipinski definition) is 2. The summed E-state index contributed by atoms with van der Waals surface area (Å²) < 4.78 is 5.28. The Hall–Kier alpha value is -2.33. The van der Waals surface area contributed by atoms with Crippen LogP contribution < -0.4 is 15.0 Å². The molecular weight excluding hydrogens is 300 g/mol. The minimum absolute atomic E-state index is 0.00153. The first-order chi connectivity index (χ1) is 11.5. The van der Waals surface area contributed by atoms with E-state index in [1.807, 2.05) is 24.3 Å². The van der Waals surface area contributed by atoms with Gasteiger partial charge in [0.1, 0.15) is 12.3 Å². The fraction of sp³-hybridized carbons (Fsp3) is 0.350. The highest BCUT2D eigenvalue weighted by Crippen LogP contribution is 2.22. The van der Waals surface area contributed by atoms with Gasteiger partial charge in [-0.1, -0.05) is 35.9 Å². The second-order valence-electron chi connectivity index (χ2n) is 6.14. The molecule has 2 aromatic carbocycles. The monoisotopic (exact) mass is 327 g/mol. The van der Waals surface area contributed by atoms with Gasteiger partial charge in [-0.05, 0) is 38.5 Å². The van der Waals surface area contributed by atoms with Crippen molar-refractivity contribution >= 4 is 11.6 Å². The lowest BCUT2D eigenvalue weighted by molar-refractivity contribution is -0.903. The maximum Gasteiger partial charge on any atom is 0.279 e. The Morgan fingerprint density at radius 1 is 1.17 bits per heavy atom. The van der Waals surface area contributed by atoms with Gasteiger partial charge in [0, 0.05) is 5.56 Å². The molecule has 0 aliphatic carbocycles. The van der Waals surface area contributed by atoms with E-state index in [-0.39, 0.29) is 5.91 Å². The molecule has 128 valence electrons. The number of nitrogens with one attached hydrogen (secondary N) is 2. The first-order valence-electron chi connectivity index (χ1n) is 8.36. The Morgan fingerprint density at radius 3 is 2.62 bits per heavy atom. The second kappa shape index (κ2) is 8.50. The summed E-state index contributed by atoms with van der Waals surface area (Å²) in [7, 11) is 1.61. The highest BCUT2D eigenvalue weighted by atomic mass is 16.5. The number of ether oxygens (including phenoxy) is 1. The van der Waals surface area contributed by atoms with E-state index >= 15 is 0 Å². The van der Waals surface area contributed by atoms with Crippen LogP contribution in [0.15, 0.2) is 42.5 Å². The second-order valence-corrected chi connectivity index (χ2v) is 6.14. The average molecular weight is 327 g/mol. The van der Waals surface area contributed by atoms with Crippen molar-refractivity contribution in [2.45, 2.75) is 27.3 Å². The molecule has 1 amide bonds. The number of carbonyl (C=O) groups excluding carboxylic acids is 1. The van der Waals surface area contributed by atoms with E-state index in [4.69, 9.17) is 4.74 Å². The van der Waals surface area contributed by atoms with Crippen LogP contribution in [0.2, 0.25) is 0 Å². The Labute approximate surface area is 144 Å². The molecule has 1 unspecified atom stereocenters. The van der Waals surface area contributed by atoms with E-state index in [0.717, 1.165) is 13.1 Å². The quantitative estimate of drug-likeness (QED) is 0.820. The van der Waals surface area contributed by atoms with Crippen LogP contribution in [0.4, 0.5) is 5.69 Å². The van der Waals surface area contributed by atoms with E-state index in [1.165, 1.54) is 21.6 Å². The van der Waals surface area contributed by atoms with Crippen molar-refractivity contribution in [1.82, 2.24) is 0 Å². The van der Waals surface area contributed by atoms with Crippen LogP contribution in [0.3, 0.4) is 0 Å². The molecule has 2 N–H and O–H groups in total. The zero-order valence-electron chi connectivity index (χ0n) is 15.0. The highest BCUT2D eigenvalue weighted by Gasteiger charge is 2.15. The highest BCUT2D eigenvalue weighted by molar-refractivity contribution is 5.92. The first kappa shape index (κ1) is 18.0. The summed E-state index contributed by atoms with van der Waals surface area (Å²) in [6.07, 6.45) is 0. The zero-order valence-corrected chi connectivity index (χ0v) is 15.0. The van der Waals surface area contributed by atoms with Crippen molar-refractivity contribution < 1.29 is 14.4 Å². The van der Waals surface area contributed by atoms with E-state index in [2.05, 4.69) is 44.3 Å². The molecule has 0 bridgehead atoms. The number of benzene rings is 2. The van der Waals surface area contributed by atoms with Crippen LogP contribution in [-0.4, -0.2) is 26.1 Å². The topological polar surface area (TPSA) is 42.8 Å². The molecule has 0 heterocycles. The third-order valence-electron chi connectivity index (χ3n) is 4.24. The summed E-state index contributed by atoms with van der Waals surface area (Å²) in [5.41, 5.74) is 4.55. The zero-order chi connectivity index (χ0) is 17.5. The summed E-state index contributed by atoms with van der Waals surface area (Å²) in [6, 6.07) is 14.0. The number of aryl methyl sites for hydroxylation is 2. The summed E-state index contributed by atoms with van der Waals surface area (Å²) in [4.78, 5) is 13.6. The molecule has 0 spiro atoms. The van der Waals surface area contributed by atoms with Gasteiger partial charge in [0.25, 0.3) is 5.91 Å². The normalized spacial score (nSPS) is 11.8. The Kier molecular flexibility index (Phi) is 6.38. The Balaban J connectivity index is 2.01. The molecular formula is C20H27N2O2+. The third kappa shape index (κ3) is 4.83. The smallest absolute Gasteiger partial charge is 0.279 e. The van der Waals surface area contributed by atoms with Gasteiger partial charge in [-0.2, -0.15) is 0 Å². The molecule has 4 heteroatoms. The average Bonchev–Trinajstić information content (AvgIpc) is 2.57. The molecule has 1 atom stereocenters. The van der Waals surface area contributed by atoms with Crippen molar-refractivity contribution in [3.63, 3.8) is 0 Å². The lowest BCUT2D eigenvalue weighted by atomic mass is 10.1. The molecule has 0 fully saturated rings. The summed E-state index contributed by atoms with van der Waals surface area (Å²) >= 11 is 0. The van der Waals surface area contributed by atoms with Gasteiger partial charge >= 0.3 is 0 Å². The molecule has 0 aliphatic rings. The largest absolute Gasteiger partial charge is 0.495 e. The van der Waals surface area contributed by atoms with Gasteiger partial charge in [-0.3, -0.25) is 4.79 Å². The predicted molar refractivity (Wildman–Crippen MR) is 97.6 cm³/mol. The van der Waals surface area contributed by atoms with Gasteiger partial charge in [0.2, 0.25) is 0 Å². The molecule has 24 heavy (non-hydrogen) atoms. The minimum atomic E-state index is 0.00153. The van der Waals surface area contributed by atoms with Crippen molar-refractivity contribution in [2.75, 3.05) is 25.5 Å². The number of rotatable bonds is 7. The van der Waals surface area contributed by atoms with E-state index in [9.17, 15) is 4.79 Å². The predicted octanol–water partition coefficient (Wildman–Crippen LogP) is 2.36. The number of amides is 1. The van der Waals surface area contributed by atoms with E-state index < -0.39 is 0 Å². The van der Waals surface area contributed by atoms with Gasteiger partial charge in [0.05, 0.1) is 19.3 Å². The van der Waals surface area contributed by atoms with E-state index in [1.54, 1.807) is 7.11 Å². The minimum Gasteiger partial charge on any atom is -0.495 e. The fourth-order valence-corrected chi connectivity index (χ4v) is 2.74. The van der Waals surface area contributed by atoms with Gasteiger partial charge in [-0.25, -0.2) is 0 Å². The van der Waals surface area contributed by atoms with Crippen LogP contribution in [-0.2, 0) is 11.3 Å². The number of likely N-dealkylation sites (N-methyl/N-ethyl adjacent to an activating group) is 1. The standard InChI is InChI=1S/C20H26N2O2/c1-5-22(13-17-12-15(2)10-11-16(17)3)14-20(23)21-18-8-6-7-9-19(18)24-4/h6-12H,5,13-14H2,1-4H3,(H,21,23)/p+1.